The number of carbonyl (C=O) groups is 2. The number of likely N-dealkylation sites (tertiary alicyclic amines) is 1. The number of rotatable bonds is 6. The van der Waals surface area contributed by atoms with Crippen molar-refractivity contribution >= 4 is 35.0 Å². The number of benzene rings is 3. The lowest BCUT2D eigenvalue weighted by Gasteiger charge is -2.42. The number of alkyl halides is 6. The molecule has 1 atom stereocenters. The Labute approximate surface area is 272 Å². The molecule has 2 saturated heterocycles. The summed E-state index contributed by atoms with van der Waals surface area (Å²) in [7, 11) is 0. The predicted molar refractivity (Wildman–Crippen MR) is 162 cm³/mol. The van der Waals surface area contributed by atoms with Gasteiger partial charge < -0.3 is 9.80 Å². The fraction of sp³-hybridized carbons (Fsp3) is 0.394. The normalized spacial score (nSPS) is 18.6. The number of amides is 2. The van der Waals surface area contributed by atoms with E-state index in [1.807, 2.05) is 18.2 Å². The number of hydrogen-bond acceptors (Lipinski definition) is 3. The van der Waals surface area contributed by atoms with E-state index in [1.165, 1.54) is 16.5 Å². The lowest BCUT2D eigenvalue weighted by Crippen LogP contribution is -2.52. The first-order valence-corrected chi connectivity index (χ1v) is 15.5. The van der Waals surface area contributed by atoms with Gasteiger partial charge in [0.15, 0.2) is 0 Å². The first kappa shape index (κ1) is 34.1. The summed E-state index contributed by atoms with van der Waals surface area (Å²) >= 11 is 12.4. The van der Waals surface area contributed by atoms with Gasteiger partial charge in [0, 0.05) is 38.2 Å². The topological polar surface area (TPSA) is 43.9 Å². The highest BCUT2D eigenvalue weighted by molar-refractivity contribution is 6.42. The molecule has 0 radical (unpaired) electrons. The molecular weight excluding hydrogens is 655 g/mol. The molecule has 2 fully saturated rings. The fourth-order valence-corrected chi connectivity index (χ4v) is 6.39. The largest absolute Gasteiger partial charge is 0.416 e. The van der Waals surface area contributed by atoms with Gasteiger partial charge in [-0.1, -0.05) is 59.6 Å². The van der Waals surface area contributed by atoms with Crippen molar-refractivity contribution in [3.63, 3.8) is 0 Å². The second-order valence-electron chi connectivity index (χ2n) is 11.7. The van der Waals surface area contributed by atoms with Gasteiger partial charge in [0.25, 0.3) is 5.91 Å². The van der Waals surface area contributed by atoms with Gasteiger partial charge in [0.1, 0.15) is 0 Å². The zero-order valence-corrected chi connectivity index (χ0v) is 26.1. The molecule has 5 rings (SSSR count). The maximum Gasteiger partial charge on any atom is 0.416 e. The van der Waals surface area contributed by atoms with Crippen LogP contribution in [-0.2, 0) is 23.7 Å². The van der Waals surface area contributed by atoms with Crippen LogP contribution in [0.25, 0.3) is 0 Å². The van der Waals surface area contributed by atoms with Crippen molar-refractivity contribution in [1.82, 2.24) is 14.7 Å². The highest BCUT2D eigenvalue weighted by Gasteiger charge is 2.40. The minimum Gasteiger partial charge on any atom is -0.334 e. The third-order valence-electron chi connectivity index (χ3n) is 8.57. The molecule has 0 unspecified atom stereocenters. The van der Waals surface area contributed by atoms with Gasteiger partial charge in [-0.15, -0.1) is 0 Å². The average Bonchev–Trinajstić information content (AvgIpc) is 3.02. The van der Waals surface area contributed by atoms with E-state index >= 15 is 0 Å². The van der Waals surface area contributed by atoms with Crippen LogP contribution in [0.5, 0.6) is 0 Å². The molecule has 3 aromatic carbocycles. The first-order chi connectivity index (χ1) is 21.7. The van der Waals surface area contributed by atoms with Gasteiger partial charge >= 0.3 is 12.4 Å². The van der Waals surface area contributed by atoms with Crippen LogP contribution in [0.3, 0.4) is 0 Å². The molecule has 46 heavy (non-hydrogen) atoms. The lowest BCUT2D eigenvalue weighted by molar-refractivity contribution is -0.143. The van der Waals surface area contributed by atoms with E-state index < -0.39 is 41.0 Å². The molecule has 0 N–H and O–H groups in total. The first-order valence-electron chi connectivity index (χ1n) is 14.8. The summed E-state index contributed by atoms with van der Waals surface area (Å²) in [6, 6.07) is 14.9. The quantitative estimate of drug-likeness (QED) is 0.245. The molecule has 2 amide bonds. The number of hydrogen-bond donors (Lipinski definition) is 0. The Hall–Kier alpha value is -3.28. The molecule has 2 aliphatic rings. The van der Waals surface area contributed by atoms with Crippen molar-refractivity contribution in [2.45, 2.75) is 44.2 Å². The average molecular weight is 687 g/mol. The third-order valence-corrected chi connectivity index (χ3v) is 9.31. The Morgan fingerprint density at radius 3 is 1.98 bits per heavy atom. The lowest BCUT2D eigenvalue weighted by atomic mass is 9.91. The van der Waals surface area contributed by atoms with E-state index in [9.17, 15) is 35.9 Å². The predicted octanol–water partition coefficient (Wildman–Crippen LogP) is 8.36. The smallest absolute Gasteiger partial charge is 0.334 e. The molecule has 0 aliphatic carbocycles. The molecule has 2 aliphatic heterocycles. The van der Waals surface area contributed by atoms with Crippen molar-refractivity contribution in [3.8, 4) is 0 Å². The van der Waals surface area contributed by atoms with E-state index in [2.05, 4.69) is 17.0 Å². The van der Waals surface area contributed by atoms with Gasteiger partial charge in [-0.25, -0.2) is 0 Å². The molecule has 0 bridgehead atoms. The maximum absolute atomic E-state index is 13.7. The van der Waals surface area contributed by atoms with Gasteiger partial charge in [0.05, 0.1) is 27.2 Å². The van der Waals surface area contributed by atoms with Crippen LogP contribution in [0.2, 0.25) is 10.0 Å². The van der Waals surface area contributed by atoms with E-state index in [0.29, 0.717) is 17.7 Å². The Kier molecular flexibility index (Phi) is 10.2. The summed E-state index contributed by atoms with van der Waals surface area (Å²) in [5.41, 5.74) is -2.13. The highest BCUT2D eigenvalue weighted by atomic mass is 35.5. The Morgan fingerprint density at radius 1 is 0.761 bits per heavy atom. The van der Waals surface area contributed by atoms with Gasteiger partial charge in [-0.2, -0.15) is 26.3 Å². The summed E-state index contributed by atoms with van der Waals surface area (Å²) in [5, 5.41) is 0.464. The highest BCUT2D eigenvalue weighted by Crippen LogP contribution is 2.38. The summed E-state index contributed by atoms with van der Waals surface area (Å²) in [5.74, 6) is -1.01. The van der Waals surface area contributed by atoms with Gasteiger partial charge in [-0.3, -0.25) is 14.5 Å². The zero-order chi connectivity index (χ0) is 33.2. The van der Waals surface area contributed by atoms with Crippen molar-refractivity contribution in [2.75, 3.05) is 32.7 Å². The van der Waals surface area contributed by atoms with Crippen LogP contribution in [0.15, 0.2) is 66.7 Å². The molecule has 246 valence electrons. The monoisotopic (exact) mass is 685 g/mol. The Bertz CT molecular complexity index is 1530. The molecule has 0 saturated carbocycles. The Morgan fingerprint density at radius 2 is 1.39 bits per heavy atom. The standard InChI is InChI=1S/C33H31Cl2F6N3O2/c34-27-7-6-23(17-28(27)35)29-20-43(31(46)24-15-25(32(36,37)38)18-26(16-24)33(39,40)41)12-13-44(29)30(45)14-21-8-10-42(11-9-21)19-22-4-2-1-3-5-22/h1-7,15-18,21,29H,8-14,19-20H2/t29-/m0/s1. The third kappa shape index (κ3) is 8.16. The van der Waals surface area contributed by atoms with Crippen molar-refractivity contribution in [3.05, 3.63) is 105 Å². The second kappa shape index (κ2) is 13.8. The number of halogens is 8. The van der Waals surface area contributed by atoms with Crippen LogP contribution in [0.4, 0.5) is 26.3 Å². The minimum atomic E-state index is -5.10. The van der Waals surface area contributed by atoms with E-state index in [-0.39, 0.29) is 54.0 Å². The molecule has 13 heteroatoms. The molecule has 3 aromatic rings. The zero-order valence-electron chi connectivity index (χ0n) is 24.6. The Balaban J connectivity index is 1.33. The van der Waals surface area contributed by atoms with Crippen LogP contribution < -0.4 is 0 Å². The molecular formula is C33H31Cl2F6N3O2. The van der Waals surface area contributed by atoms with Gasteiger partial charge in [0.2, 0.25) is 5.91 Å². The van der Waals surface area contributed by atoms with Crippen LogP contribution in [0, 0.1) is 5.92 Å². The number of piperidine rings is 1. The SMILES string of the molecule is O=C(c1cc(C(F)(F)F)cc(C(F)(F)F)c1)N1CCN(C(=O)CC2CCN(Cc3ccccc3)CC2)[C@H](c2ccc(Cl)c(Cl)c2)C1. The van der Waals surface area contributed by atoms with Crippen molar-refractivity contribution in [1.29, 1.82) is 0 Å². The van der Waals surface area contributed by atoms with Crippen molar-refractivity contribution in [2.24, 2.45) is 5.92 Å². The number of carbonyl (C=O) groups excluding carboxylic acids is 2. The minimum absolute atomic E-state index is 0.0158. The maximum atomic E-state index is 13.7. The van der Waals surface area contributed by atoms with Crippen LogP contribution in [-0.4, -0.2) is 59.2 Å². The van der Waals surface area contributed by atoms with Crippen molar-refractivity contribution < 1.29 is 35.9 Å². The summed E-state index contributed by atoms with van der Waals surface area (Å²) in [6.45, 7) is 2.30. The fourth-order valence-electron chi connectivity index (χ4n) is 6.09. The number of piperazine rings is 1. The van der Waals surface area contributed by atoms with E-state index in [4.69, 9.17) is 23.2 Å². The molecule has 0 spiro atoms. The van der Waals surface area contributed by atoms with Crippen LogP contribution in [0.1, 0.15) is 57.9 Å². The molecule has 5 nitrogen and oxygen atoms in total. The molecule has 0 aromatic heterocycles. The van der Waals surface area contributed by atoms with E-state index in [0.717, 1.165) is 32.5 Å². The van der Waals surface area contributed by atoms with E-state index in [1.54, 1.807) is 17.0 Å². The van der Waals surface area contributed by atoms with Crippen LogP contribution >= 0.6 is 23.2 Å². The van der Waals surface area contributed by atoms with Gasteiger partial charge in [-0.05, 0) is 73.3 Å². The number of nitrogens with zero attached hydrogens (tertiary/aromatic N) is 3. The second-order valence-corrected chi connectivity index (χ2v) is 12.5. The summed E-state index contributed by atoms with van der Waals surface area (Å²) < 4.78 is 80.9. The summed E-state index contributed by atoms with van der Waals surface area (Å²) in [4.78, 5) is 32.3. The summed E-state index contributed by atoms with van der Waals surface area (Å²) in [6.07, 6.45) is -8.27. The molecule has 2 heterocycles.